The van der Waals surface area contributed by atoms with E-state index in [0.717, 1.165) is 45.6 Å². The fourth-order valence-corrected chi connectivity index (χ4v) is 5.44. The van der Waals surface area contributed by atoms with E-state index in [1.165, 1.54) is 30.5 Å². The molecule has 0 saturated heterocycles. The molecule has 0 spiro atoms. The van der Waals surface area contributed by atoms with E-state index in [0.29, 0.717) is 5.56 Å². The Morgan fingerprint density at radius 1 is 1.00 bits per heavy atom. The van der Waals surface area contributed by atoms with Crippen LogP contribution in [0.1, 0.15) is 35.4 Å². The number of ether oxygens (including phenoxy) is 1. The van der Waals surface area contributed by atoms with E-state index in [1.54, 1.807) is 6.20 Å². The van der Waals surface area contributed by atoms with Crippen molar-refractivity contribution in [3.8, 4) is 11.8 Å². The van der Waals surface area contributed by atoms with Crippen molar-refractivity contribution in [3.63, 3.8) is 0 Å². The van der Waals surface area contributed by atoms with Crippen molar-refractivity contribution in [2.75, 3.05) is 4.31 Å². The molecule has 1 fully saturated rings. The van der Waals surface area contributed by atoms with Gasteiger partial charge in [0, 0.05) is 23.3 Å². The number of anilines is 1. The summed E-state index contributed by atoms with van der Waals surface area (Å²) in [5.41, 5.74) is 1.42. The minimum atomic E-state index is -4.84. The summed E-state index contributed by atoms with van der Waals surface area (Å²) in [5, 5.41) is 10.6. The van der Waals surface area contributed by atoms with Gasteiger partial charge in [0.1, 0.15) is 17.6 Å². The van der Waals surface area contributed by atoms with Crippen LogP contribution >= 0.6 is 0 Å². The standard InChI is InChI=1S/C26H19F3N4O3S/c27-26(28,29)36-21-10-5-17(6-11-21)16-33(37(34,35)23-12-7-18(13-30)14-31-23)25-24(19-8-9-19)22-4-2-1-3-20(22)15-32-25/h1-7,10-12,14-15,19H,8-9,16H2. The molecule has 2 aromatic heterocycles. The number of rotatable bonds is 7. The summed E-state index contributed by atoms with van der Waals surface area (Å²) in [7, 11) is -4.27. The quantitative estimate of drug-likeness (QED) is 0.309. The number of alkyl halides is 3. The van der Waals surface area contributed by atoms with Gasteiger partial charge >= 0.3 is 6.36 Å². The molecule has 1 aliphatic rings. The maximum Gasteiger partial charge on any atom is 0.573 e. The van der Waals surface area contributed by atoms with E-state index in [1.807, 2.05) is 30.3 Å². The fourth-order valence-electron chi connectivity index (χ4n) is 4.10. The summed E-state index contributed by atoms with van der Waals surface area (Å²) in [6.07, 6.45) is -0.299. The SMILES string of the molecule is N#Cc1ccc(S(=O)(=O)N(Cc2ccc(OC(F)(F)F)cc2)c2ncc3ccccc3c2C2CC2)nc1. The topological polar surface area (TPSA) is 96.2 Å². The van der Waals surface area contributed by atoms with E-state index >= 15 is 0 Å². The number of nitriles is 1. The highest BCUT2D eigenvalue weighted by Crippen LogP contribution is 2.47. The van der Waals surface area contributed by atoms with Crippen LogP contribution in [0.4, 0.5) is 19.0 Å². The van der Waals surface area contributed by atoms with Crippen LogP contribution in [-0.4, -0.2) is 24.7 Å². The first kappa shape index (κ1) is 24.5. The first-order chi connectivity index (χ1) is 17.7. The lowest BCUT2D eigenvalue weighted by Gasteiger charge is -2.26. The van der Waals surface area contributed by atoms with Gasteiger partial charge in [0.2, 0.25) is 0 Å². The van der Waals surface area contributed by atoms with Gasteiger partial charge in [-0.15, -0.1) is 13.2 Å². The minimum Gasteiger partial charge on any atom is -0.406 e. The summed E-state index contributed by atoms with van der Waals surface area (Å²) >= 11 is 0. The number of halogens is 3. The lowest BCUT2D eigenvalue weighted by molar-refractivity contribution is -0.274. The molecule has 0 bridgehead atoms. The smallest absolute Gasteiger partial charge is 0.406 e. The van der Waals surface area contributed by atoms with Crippen LogP contribution in [0.5, 0.6) is 5.75 Å². The van der Waals surface area contributed by atoms with Crippen LogP contribution in [-0.2, 0) is 16.6 Å². The Hall–Kier alpha value is -4.17. The van der Waals surface area contributed by atoms with E-state index in [-0.39, 0.29) is 28.9 Å². The zero-order valence-corrected chi connectivity index (χ0v) is 20.0. The monoisotopic (exact) mass is 524 g/mol. The molecular weight excluding hydrogens is 505 g/mol. The number of hydrogen-bond acceptors (Lipinski definition) is 6. The maximum atomic E-state index is 13.9. The van der Waals surface area contributed by atoms with Crippen molar-refractivity contribution >= 4 is 26.6 Å². The van der Waals surface area contributed by atoms with Crippen LogP contribution in [0.25, 0.3) is 10.8 Å². The molecule has 188 valence electrons. The summed E-state index contributed by atoms with van der Waals surface area (Å²) in [6.45, 7) is -0.207. The molecule has 0 aliphatic heterocycles. The van der Waals surface area contributed by atoms with Crippen LogP contribution in [0.2, 0.25) is 0 Å². The molecule has 37 heavy (non-hydrogen) atoms. The Morgan fingerprint density at radius 3 is 2.35 bits per heavy atom. The number of nitrogens with zero attached hydrogens (tertiary/aromatic N) is 4. The number of aromatic nitrogens is 2. The first-order valence-electron chi connectivity index (χ1n) is 11.3. The fraction of sp³-hybridized carbons (Fsp3) is 0.192. The molecule has 7 nitrogen and oxygen atoms in total. The molecule has 2 aromatic carbocycles. The van der Waals surface area contributed by atoms with Crippen LogP contribution in [0.15, 0.2) is 78.1 Å². The third kappa shape index (κ3) is 5.20. The molecule has 1 aliphatic carbocycles. The Bertz CT molecular complexity index is 1600. The molecule has 4 aromatic rings. The van der Waals surface area contributed by atoms with Crippen molar-refractivity contribution in [3.05, 3.63) is 89.7 Å². The van der Waals surface area contributed by atoms with Crippen LogP contribution in [0.3, 0.4) is 0 Å². The number of hydrogen-bond donors (Lipinski definition) is 0. The van der Waals surface area contributed by atoms with Gasteiger partial charge in [-0.3, -0.25) is 0 Å². The lowest BCUT2D eigenvalue weighted by Crippen LogP contribution is -2.33. The van der Waals surface area contributed by atoms with Crippen molar-refractivity contribution in [2.45, 2.75) is 36.7 Å². The Balaban J connectivity index is 1.62. The van der Waals surface area contributed by atoms with Gasteiger partial charge in [0.05, 0.1) is 12.1 Å². The molecule has 0 radical (unpaired) electrons. The van der Waals surface area contributed by atoms with Gasteiger partial charge in [-0.2, -0.15) is 13.7 Å². The number of sulfonamides is 1. The van der Waals surface area contributed by atoms with Crippen molar-refractivity contribution in [1.82, 2.24) is 9.97 Å². The predicted molar refractivity (Wildman–Crippen MR) is 129 cm³/mol. The number of pyridine rings is 2. The average molecular weight is 525 g/mol. The van der Waals surface area contributed by atoms with Gasteiger partial charge in [-0.05, 0) is 54.0 Å². The van der Waals surface area contributed by atoms with E-state index < -0.39 is 22.1 Å². The van der Waals surface area contributed by atoms with Gasteiger partial charge in [0.15, 0.2) is 5.03 Å². The van der Waals surface area contributed by atoms with E-state index in [9.17, 15) is 21.6 Å². The molecule has 0 amide bonds. The second-order valence-electron chi connectivity index (χ2n) is 8.56. The van der Waals surface area contributed by atoms with Crippen LogP contribution < -0.4 is 9.04 Å². The summed E-state index contributed by atoms with van der Waals surface area (Å²) in [6, 6.07) is 17.1. The molecule has 0 N–H and O–H groups in total. The third-order valence-corrected chi connectivity index (χ3v) is 7.59. The molecule has 1 saturated carbocycles. The van der Waals surface area contributed by atoms with Crippen LogP contribution in [0, 0.1) is 11.3 Å². The zero-order chi connectivity index (χ0) is 26.2. The van der Waals surface area contributed by atoms with Crippen molar-refractivity contribution in [1.29, 1.82) is 5.26 Å². The Labute approximate surface area is 210 Å². The van der Waals surface area contributed by atoms with E-state index in [2.05, 4.69) is 14.7 Å². The normalized spacial score (nSPS) is 13.8. The van der Waals surface area contributed by atoms with Gasteiger partial charge in [0.25, 0.3) is 10.0 Å². The number of fused-ring (bicyclic) bond motifs is 1. The van der Waals surface area contributed by atoms with Crippen molar-refractivity contribution in [2.24, 2.45) is 0 Å². The summed E-state index contributed by atoms with van der Waals surface area (Å²) in [4.78, 5) is 8.54. The first-order valence-corrected chi connectivity index (χ1v) is 12.7. The highest BCUT2D eigenvalue weighted by molar-refractivity contribution is 7.92. The second-order valence-corrected chi connectivity index (χ2v) is 10.4. The molecule has 2 heterocycles. The summed E-state index contributed by atoms with van der Waals surface area (Å²) < 4.78 is 70.6. The van der Waals surface area contributed by atoms with Crippen molar-refractivity contribution < 1.29 is 26.3 Å². The third-order valence-electron chi connectivity index (χ3n) is 5.94. The zero-order valence-electron chi connectivity index (χ0n) is 19.2. The highest BCUT2D eigenvalue weighted by atomic mass is 32.2. The molecular formula is C26H19F3N4O3S. The summed E-state index contributed by atoms with van der Waals surface area (Å²) in [5.74, 6) is -0.0484. The number of benzene rings is 2. The second kappa shape index (κ2) is 9.37. The highest BCUT2D eigenvalue weighted by Gasteiger charge is 2.36. The maximum absolute atomic E-state index is 13.9. The predicted octanol–water partition coefficient (Wildman–Crippen LogP) is 5.67. The average Bonchev–Trinajstić information content (AvgIpc) is 3.72. The van der Waals surface area contributed by atoms with Gasteiger partial charge < -0.3 is 4.74 Å². The molecule has 11 heteroatoms. The van der Waals surface area contributed by atoms with E-state index in [4.69, 9.17) is 5.26 Å². The van der Waals surface area contributed by atoms with Gasteiger partial charge in [-0.1, -0.05) is 36.4 Å². The lowest BCUT2D eigenvalue weighted by atomic mass is 10.0. The minimum absolute atomic E-state index is 0.128. The largest absolute Gasteiger partial charge is 0.573 e. The Kier molecular flexibility index (Phi) is 6.21. The molecule has 0 atom stereocenters. The Morgan fingerprint density at radius 2 is 1.73 bits per heavy atom. The molecule has 0 unspecified atom stereocenters. The van der Waals surface area contributed by atoms with Gasteiger partial charge in [-0.25, -0.2) is 14.3 Å². The molecule has 5 rings (SSSR count).